The monoisotopic (exact) mass is 389 g/mol. The SMILES string of the molecule is CCc1ccc(CNC(=O)CCn2nc(-c3ccc(C)c(C)c3)ccc2=O)cc1. The van der Waals surface area contributed by atoms with Crippen LogP contribution in [0.3, 0.4) is 0 Å². The molecule has 5 heteroatoms. The van der Waals surface area contributed by atoms with Gasteiger partial charge in [-0.3, -0.25) is 9.59 Å². The molecule has 0 aliphatic carbocycles. The summed E-state index contributed by atoms with van der Waals surface area (Å²) in [5.74, 6) is -0.102. The van der Waals surface area contributed by atoms with E-state index in [2.05, 4.69) is 49.4 Å². The summed E-state index contributed by atoms with van der Waals surface area (Å²) in [5, 5.41) is 7.35. The van der Waals surface area contributed by atoms with Crippen LogP contribution in [0.2, 0.25) is 0 Å². The number of aryl methyl sites for hydroxylation is 4. The number of benzene rings is 2. The zero-order valence-electron chi connectivity index (χ0n) is 17.2. The molecule has 0 aliphatic rings. The van der Waals surface area contributed by atoms with Gasteiger partial charge in [-0.25, -0.2) is 4.68 Å². The summed E-state index contributed by atoms with van der Waals surface area (Å²) in [7, 11) is 0. The maximum Gasteiger partial charge on any atom is 0.266 e. The lowest BCUT2D eigenvalue weighted by atomic mass is 10.0. The lowest BCUT2D eigenvalue weighted by Crippen LogP contribution is -2.28. The minimum atomic E-state index is -0.208. The molecule has 2 aromatic carbocycles. The Morgan fingerprint density at radius 3 is 2.38 bits per heavy atom. The van der Waals surface area contributed by atoms with Crippen molar-refractivity contribution < 1.29 is 4.79 Å². The van der Waals surface area contributed by atoms with Gasteiger partial charge in [0.25, 0.3) is 5.56 Å². The third-order valence-corrected chi connectivity index (χ3v) is 5.14. The summed E-state index contributed by atoms with van der Waals surface area (Å²) in [6, 6.07) is 17.5. The molecule has 3 aromatic rings. The second-order valence-electron chi connectivity index (χ2n) is 7.28. The van der Waals surface area contributed by atoms with Gasteiger partial charge in [-0.15, -0.1) is 0 Å². The van der Waals surface area contributed by atoms with Crippen molar-refractivity contribution >= 4 is 5.91 Å². The fourth-order valence-corrected chi connectivity index (χ4v) is 3.05. The zero-order chi connectivity index (χ0) is 20.8. The standard InChI is InChI=1S/C24H27N3O2/c1-4-19-6-8-20(9-7-19)16-25-23(28)13-14-27-24(29)12-11-22(26-27)21-10-5-17(2)18(3)15-21/h5-12,15H,4,13-14,16H2,1-3H3,(H,25,28). The molecular formula is C24H27N3O2. The van der Waals surface area contributed by atoms with Crippen LogP contribution in [-0.4, -0.2) is 15.7 Å². The molecule has 0 aliphatic heterocycles. The quantitative estimate of drug-likeness (QED) is 0.669. The fraction of sp³-hybridized carbons (Fsp3) is 0.292. The molecule has 0 atom stereocenters. The third kappa shape index (κ3) is 5.41. The number of rotatable bonds is 7. The number of carbonyl (C=O) groups excluding carboxylic acids is 1. The average molecular weight is 389 g/mol. The van der Waals surface area contributed by atoms with E-state index in [4.69, 9.17) is 0 Å². The van der Waals surface area contributed by atoms with E-state index in [9.17, 15) is 9.59 Å². The van der Waals surface area contributed by atoms with Crippen molar-refractivity contribution in [2.45, 2.75) is 46.7 Å². The summed E-state index contributed by atoms with van der Waals surface area (Å²) < 4.78 is 1.36. The molecule has 0 spiro atoms. The smallest absolute Gasteiger partial charge is 0.266 e. The predicted molar refractivity (Wildman–Crippen MR) is 116 cm³/mol. The minimum absolute atomic E-state index is 0.102. The number of nitrogens with one attached hydrogen (secondary N) is 1. The van der Waals surface area contributed by atoms with Gasteiger partial charge in [-0.05, 0) is 54.7 Å². The molecule has 0 unspecified atom stereocenters. The van der Waals surface area contributed by atoms with Crippen LogP contribution in [0.15, 0.2) is 59.4 Å². The molecule has 0 radical (unpaired) electrons. The molecular weight excluding hydrogens is 362 g/mol. The van der Waals surface area contributed by atoms with Crippen molar-refractivity contribution in [1.82, 2.24) is 15.1 Å². The summed E-state index contributed by atoms with van der Waals surface area (Å²) in [6.07, 6.45) is 1.20. The summed E-state index contributed by atoms with van der Waals surface area (Å²) in [5.41, 5.74) is 6.19. The normalized spacial score (nSPS) is 10.7. The Hall–Kier alpha value is -3.21. The lowest BCUT2D eigenvalue weighted by molar-refractivity contribution is -0.121. The van der Waals surface area contributed by atoms with Crippen molar-refractivity contribution in [2.24, 2.45) is 0 Å². The number of hydrogen-bond acceptors (Lipinski definition) is 3. The number of amides is 1. The molecule has 3 rings (SSSR count). The molecule has 0 fully saturated rings. The predicted octanol–water partition coefficient (Wildman–Crippen LogP) is 3.80. The van der Waals surface area contributed by atoms with Crippen molar-refractivity contribution in [1.29, 1.82) is 0 Å². The van der Waals surface area contributed by atoms with Crippen LogP contribution in [0, 0.1) is 13.8 Å². The summed E-state index contributed by atoms with van der Waals surface area (Å²) in [6.45, 7) is 6.95. The van der Waals surface area contributed by atoms with E-state index in [1.165, 1.54) is 27.4 Å². The lowest BCUT2D eigenvalue weighted by Gasteiger charge is -2.09. The Balaban J connectivity index is 1.61. The molecule has 29 heavy (non-hydrogen) atoms. The first kappa shape index (κ1) is 20.5. The van der Waals surface area contributed by atoms with E-state index in [0.29, 0.717) is 6.54 Å². The molecule has 1 aromatic heterocycles. The topological polar surface area (TPSA) is 64.0 Å². The highest BCUT2D eigenvalue weighted by molar-refractivity contribution is 5.75. The van der Waals surface area contributed by atoms with Crippen molar-refractivity contribution in [3.63, 3.8) is 0 Å². The van der Waals surface area contributed by atoms with Crippen LogP contribution in [0.25, 0.3) is 11.3 Å². The first-order chi connectivity index (χ1) is 14.0. The molecule has 0 bridgehead atoms. The maximum absolute atomic E-state index is 12.2. The summed E-state index contributed by atoms with van der Waals surface area (Å²) in [4.78, 5) is 24.4. The fourth-order valence-electron chi connectivity index (χ4n) is 3.05. The van der Waals surface area contributed by atoms with Crippen LogP contribution in [-0.2, 0) is 24.3 Å². The molecule has 0 saturated carbocycles. The van der Waals surface area contributed by atoms with Gasteiger partial charge in [0.05, 0.1) is 12.2 Å². The Morgan fingerprint density at radius 2 is 1.69 bits per heavy atom. The van der Waals surface area contributed by atoms with Gasteiger partial charge in [0.1, 0.15) is 0 Å². The Labute approximate surface area is 171 Å². The van der Waals surface area contributed by atoms with Crippen LogP contribution in [0.5, 0.6) is 0 Å². The highest BCUT2D eigenvalue weighted by Gasteiger charge is 2.07. The third-order valence-electron chi connectivity index (χ3n) is 5.14. The molecule has 5 nitrogen and oxygen atoms in total. The van der Waals surface area contributed by atoms with Gasteiger partial charge in [0.15, 0.2) is 0 Å². The van der Waals surface area contributed by atoms with E-state index in [1.807, 2.05) is 24.3 Å². The maximum atomic E-state index is 12.2. The average Bonchev–Trinajstić information content (AvgIpc) is 2.74. The van der Waals surface area contributed by atoms with Crippen LogP contribution < -0.4 is 10.9 Å². The van der Waals surface area contributed by atoms with Crippen LogP contribution >= 0.6 is 0 Å². The Morgan fingerprint density at radius 1 is 0.966 bits per heavy atom. The van der Waals surface area contributed by atoms with Crippen molar-refractivity contribution in [3.8, 4) is 11.3 Å². The number of carbonyl (C=O) groups is 1. The second kappa shape index (κ2) is 9.32. The molecule has 0 saturated heterocycles. The number of hydrogen-bond donors (Lipinski definition) is 1. The van der Waals surface area contributed by atoms with Gasteiger partial charge < -0.3 is 5.32 Å². The van der Waals surface area contributed by atoms with E-state index < -0.39 is 0 Å². The Bertz CT molecular complexity index is 1050. The van der Waals surface area contributed by atoms with Gasteiger partial charge in [0, 0.05) is 24.6 Å². The van der Waals surface area contributed by atoms with Crippen molar-refractivity contribution in [3.05, 3.63) is 87.2 Å². The zero-order valence-corrected chi connectivity index (χ0v) is 17.2. The molecule has 150 valence electrons. The van der Waals surface area contributed by atoms with Gasteiger partial charge in [-0.1, -0.05) is 43.3 Å². The van der Waals surface area contributed by atoms with Crippen molar-refractivity contribution in [2.75, 3.05) is 0 Å². The van der Waals surface area contributed by atoms with Gasteiger partial charge in [0.2, 0.25) is 5.91 Å². The molecule has 1 N–H and O–H groups in total. The van der Waals surface area contributed by atoms with Gasteiger partial charge in [-0.2, -0.15) is 5.10 Å². The minimum Gasteiger partial charge on any atom is -0.352 e. The molecule has 1 heterocycles. The first-order valence-corrected chi connectivity index (χ1v) is 9.96. The van der Waals surface area contributed by atoms with Crippen LogP contribution in [0.4, 0.5) is 0 Å². The van der Waals surface area contributed by atoms with E-state index in [0.717, 1.165) is 23.2 Å². The number of nitrogens with zero attached hydrogens (tertiary/aromatic N) is 2. The highest BCUT2D eigenvalue weighted by atomic mass is 16.2. The second-order valence-corrected chi connectivity index (χ2v) is 7.28. The Kier molecular flexibility index (Phi) is 6.60. The molecule has 1 amide bonds. The van der Waals surface area contributed by atoms with E-state index in [-0.39, 0.29) is 24.4 Å². The van der Waals surface area contributed by atoms with E-state index in [1.54, 1.807) is 6.07 Å². The summed E-state index contributed by atoms with van der Waals surface area (Å²) >= 11 is 0. The van der Waals surface area contributed by atoms with Crippen LogP contribution in [0.1, 0.15) is 35.6 Å². The first-order valence-electron chi connectivity index (χ1n) is 9.96. The van der Waals surface area contributed by atoms with Gasteiger partial charge >= 0.3 is 0 Å². The highest BCUT2D eigenvalue weighted by Crippen LogP contribution is 2.19. The number of aromatic nitrogens is 2. The van der Waals surface area contributed by atoms with E-state index >= 15 is 0 Å². The largest absolute Gasteiger partial charge is 0.352 e.